The summed E-state index contributed by atoms with van der Waals surface area (Å²) in [6.07, 6.45) is 2.80. The first-order chi connectivity index (χ1) is 11.1. The number of fused-ring (bicyclic) bond motifs is 1. The van der Waals surface area contributed by atoms with E-state index in [-0.39, 0.29) is 24.2 Å². The molecule has 0 saturated carbocycles. The lowest BCUT2D eigenvalue weighted by atomic mass is 9.96. The summed E-state index contributed by atoms with van der Waals surface area (Å²) in [4.78, 5) is 24.1. The first kappa shape index (κ1) is 18.5. The molecule has 0 aromatic heterocycles. The average Bonchev–Trinajstić information content (AvgIpc) is 2.56. The molecule has 2 unspecified atom stereocenters. The number of piperidine rings is 1. The molecule has 0 aliphatic carbocycles. The van der Waals surface area contributed by atoms with Gasteiger partial charge >= 0.3 is 0 Å². The SMILES string of the molecule is CC1Oc2c(cccc2C(=O)NCCC2CCCNC2)NC1=O.Cl. The smallest absolute Gasteiger partial charge is 0.265 e. The van der Waals surface area contributed by atoms with E-state index in [1.54, 1.807) is 25.1 Å². The van der Waals surface area contributed by atoms with Gasteiger partial charge in [0.2, 0.25) is 0 Å². The number of nitrogens with one attached hydrogen (secondary N) is 3. The molecule has 1 fully saturated rings. The van der Waals surface area contributed by atoms with E-state index in [2.05, 4.69) is 16.0 Å². The molecule has 7 heteroatoms. The lowest BCUT2D eigenvalue weighted by Crippen LogP contribution is -2.36. The van der Waals surface area contributed by atoms with E-state index in [4.69, 9.17) is 4.74 Å². The topological polar surface area (TPSA) is 79.5 Å². The number of para-hydroxylation sites is 1. The van der Waals surface area contributed by atoms with Crippen molar-refractivity contribution >= 4 is 29.9 Å². The van der Waals surface area contributed by atoms with Gasteiger partial charge in [-0.15, -0.1) is 12.4 Å². The van der Waals surface area contributed by atoms with Crippen LogP contribution in [0.5, 0.6) is 5.75 Å². The van der Waals surface area contributed by atoms with E-state index < -0.39 is 6.10 Å². The highest BCUT2D eigenvalue weighted by Gasteiger charge is 2.27. The minimum absolute atomic E-state index is 0. The van der Waals surface area contributed by atoms with E-state index in [0.29, 0.717) is 29.5 Å². The second kappa shape index (κ2) is 8.35. The Hall–Kier alpha value is -1.79. The largest absolute Gasteiger partial charge is 0.478 e. The van der Waals surface area contributed by atoms with Crippen LogP contribution in [0.4, 0.5) is 5.69 Å². The highest BCUT2D eigenvalue weighted by atomic mass is 35.5. The Kier molecular flexibility index (Phi) is 6.45. The molecule has 0 radical (unpaired) electrons. The Bertz CT molecular complexity index is 603. The Morgan fingerprint density at radius 2 is 2.25 bits per heavy atom. The van der Waals surface area contributed by atoms with E-state index in [0.717, 1.165) is 19.5 Å². The molecule has 0 spiro atoms. The molecule has 1 aromatic rings. The van der Waals surface area contributed by atoms with Crippen LogP contribution in [-0.2, 0) is 4.79 Å². The highest BCUT2D eigenvalue weighted by molar-refractivity contribution is 6.03. The maximum absolute atomic E-state index is 12.4. The summed E-state index contributed by atoms with van der Waals surface area (Å²) in [5.74, 6) is 0.731. The van der Waals surface area contributed by atoms with Crippen LogP contribution in [0.2, 0.25) is 0 Å². The molecule has 132 valence electrons. The van der Waals surface area contributed by atoms with Crippen molar-refractivity contribution in [2.24, 2.45) is 5.92 Å². The van der Waals surface area contributed by atoms with Crippen molar-refractivity contribution in [3.05, 3.63) is 23.8 Å². The molecule has 1 saturated heterocycles. The molecule has 1 aromatic carbocycles. The van der Waals surface area contributed by atoms with Crippen LogP contribution in [0, 0.1) is 5.92 Å². The van der Waals surface area contributed by atoms with E-state index in [1.165, 1.54) is 12.8 Å². The van der Waals surface area contributed by atoms with Gasteiger partial charge in [-0.05, 0) is 57.3 Å². The lowest BCUT2D eigenvalue weighted by Gasteiger charge is -2.25. The van der Waals surface area contributed by atoms with Crippen LogP contribution in [0.1, 0.15) is 36.5 Å². The van der Waals surface area contributed by atoms with Crippen molar-refractivity contribution in [1.82, 2.24) is 10.6 Å². The fourth-order valence-electron chi connectivity index (χ4n) is 3.06. The summed E-state index contributed by atoms with van der Waals surface area (Å²) in [5, 5.41) is 9.11. The van der Waals surface area contributed by atoms with Gasteiger partial charge in [0, 0.05) is 6.54 Å². The monoisotopic (exact) mass is 353 g/mol. The molecule has 2 atom stereocenters. The Morgan fingerprint density at radius 1 is 1.42 bits per heavy atom. The number of hydrogen-bond acceptors (Lipinski definition) is 4. The predicted octanol–water partition coefficient (Wildman–Crippen LogP) is 1.95. The summed E-state index contributed by atoms with van der Waals surface area (Å²) in [7, 11) is 0. The van der Waals surface area contributed by atoms with Gasteiger partial charge in [-0.2, -0.15) is 0 Å². The number of anilines is 1. The number of benzene rings is 1. The van der Waals surface area contributed by atoms with E-state index in [1.807, 2.05) is 0 Å². The number of hydrogen-bond donors (Lipinski definition) is 3. The third kappa shape index (κ3) is 4.19. The fraction of sp³-hybridized carbons (Fsp3) is 0.529. The number of halogens is 1. The van der Waals surface area contributed by atoms with Gasteiger partial charge in [0.05, 0.1) is 11.3 Å². The molecule has 2 heterocycles. The zero-order valence-corrected chi connectivity index (χ0v) is 14.6. The van der Waals surface area contributed by atoms with E-state index in [9.17, 15) is 9.59 Å². The van der Waals surface area contributed by atoms with Crippen molar-refractivity contribution in [1.29, 1.82) is 0 Å². The molecule has 6 nitrogen and oxygen atoms in total. The highest BCUT2D eigenvalue weighted by Crippen LogP contribution is 2.33. The molecule has 2 aliphatic heterocycles. The van der Waals surface area contributed by atoms with Gasteiger partial charge in [0.25, 0.3) is 11.8 Å². The zero-order chi connectivity index (χ0) is 16.2. The number of amides is 2. The van der Waals surface area contributed by atoms with Crippen molar-refractivity contribution in [2.45, 2.75) is 32.3 Å². The second-order valence-electron chi connectivity index (χ2n) is 6.19. The molecule has 3 N–H and O–H groups in total. The Morgan fingerprint density at radius 3 is 3.00 bits per heavy atom. The normalized spacial score (nSPS) is 22.5. The standard InChI is InChI=1S/C17H23N3O3.ClH/c1-11-16(21)20-14-6-2-5-13(15(14)23-11)17(22)19-9-7-12-4-3-8-18-10-12;/h2,5-6,11-12,18H,3-4,7-10H2,1H3,(H,19,22)(H,20,21);1H. The lowest BCUT2D eigenvalue weighted by molar-refractivity contribution is -0.122. The van der Waals surface area contributed by atoms with Gasteiger partial charge < -0.3 is 20.7 Å². The maximum atomic E-state index is 12.4. The van der Waals surface area contributed by atoms with Crippen molar-refractivity contribution in [3.63, 3.8) is 0 Å². The van der Waals surface area contributed by atoms with Crippen LogP contribution in [-0.4, -0.2) is 37.6 Å². The van der Waals surface area contributed by atoms with Crippen LogP contribution in [0.15, 0.2) is 18.2 Å². The summed E-state index contributed by atoms with van der Waals surface area (Å²) < 4.78 is 5.61. The summed E-state index contributed by atoms with van der Waals surface area (Å²) >= 11 is 0. The second-order valence-corrected chi connectivity index (χ2v) is 6.19. The van der Waals surface area contributed by atoms with Crippen LogP contribution >= 0.6 is 12.4 Å². The Balaban J connectivity index is 0.00000208. The molecule has 2 amide bonds. The van der Waals surface area contributed by atoms with E-state index >= 15 is 0 Å². The number of ether oxygens (including phenoxy) is 1. The maximum Gasteiger partial charge on any atom is 0.265 e. The number of carbonyl (C=O) groups is 2. The molecular weight excluding hydrogens is 330 g/mol. The van der Waals surface area contributed by atoms with Gasteiger partial charge in [0.15, 0.2) is 11.9 Å². The average molecular weight is 354 g/mol. The molecular formula is C17H24ClN3O3. The van der Waals surface area contributed by atoms with Crippen LogP contribution in [0.3, 0.4) is 0 Å². The minimum atomic E-state index is -0.593. The first-order valence-corrected chi connectivity index (χ1v) is 8.24. The fourth-order valence-corrected chi connectivity index (χ4v) is 3.06. The number of rotatable bonds is 4. The van der Waals surface area contributed by atoms with Gasteiger partial charge in [-0.1, -0.05) is 6.07 Å². The molecule has 0 bridgehead atoms. The van der Waals surface area contributed by atoms with Gasteiger partial charge in [0.1, 0.15) is 0 Å². The predicted molar refractivity (Wildman–Crippen MR) is 95.0 cm³/mol. The van der Waals surface area contributed by atoms with Crippen LogP contribution < -0.4 is 20.7 Å². The summed E-state index contributed by atoms with van der Waals surface area (Å²) in [6.45, 7) is 4.45. The van der Waals surface area contributed by atoms with Gasteiger partial charge in [-0.25, -0.2) is 0 Å². The first-order valence-electron chi connectivity index (χ1n) is 8.24. The summed E-state index contributed by atoms with van der Waals surface area (Å²) in [5.41, 5.74) is 1.02. The summed E-state index contributed by atoms with van der Waals surface area (Å²) in [6, 6.07) is 5.21. The van der Waals surface area contributed by atoms with Crippen molar-refractivity contribution < 1.29 is 14.3 Å². The number of carbonyl (C=O) groups excluding carboxylic acids is 2. The molecule has 24 heavy (non-hydrogen) atoms. The quantitative estimate of drug-likeness (QED) is 0.773. The van der Waals surface area contributed by atoms with Crippen LogP contribution in [0.25, 0.3) is 0 Å². The minimum Gasteiger partial charge on any atom is -0.478 e. The van der Waals surface area contributed by atoms with Crippen molar-refractivity contribution in [2.75, 3.05) is 25.0 Å². The third-order valence-corrected chi connectivity index (χ3v) is 4.42. The molecule has 2 aliphatic rings. The Labute approximate surface area is 148 Å². The van der Waals surface area contributed by atoms with Crippen molar-refractivity contribution in [3.8, 4) is 5.75 Å². The van der Waals surface area contributed by atoms with Gasteiger partial charge in [-0.3, -0.25) is 9.59 Å². The molecule has 3 rings (SSSR count). The third-order valence-electron chi connectivity index (χ3n) is 4.42. The zero-order valence-electron chi connectivity index (χ0n) is 13.8.